The number of thioether (sulfide) groups is 1. The quantitative estimate of drug-likeness (QED) is 0.182. The number of hydrogen-bond donors (Lipinski definition) is 2. The standard InChI is InChI=1S/C17H26FN3OS.HI/c1-19-17(21-10-11-22-13-14-3-4-14)20-9-2-12-23-16-7-5-15(18)6-8-16;/h5-8,14H,2-4,9-13H2,1H3,(H2,19,20,21);1H. The summed E-state index contributed by atoms with van der Waals surface area (Å²) in [4.78, 5) is 5.29. The molecule has 2 N–H and O–H groups in total. The molecule has 0 saturated heterocycles. The second-order valence-electron chi connectivity index (χ2n) is 5.60. The number of aliphatic imine (C=N–C) groups is 1. The van der Waals surface area contributed by atoms with E-state index in [4.69, 9.17) is 4.74 Å². The van der Waals surface area contributed by atoms with Crippen LogP contribution in [0.25, 0.3) is 0 Å². The van der Waals surface area contributed by atoms with Crippen molar-refractivity contribution in [2.75, 3.05) is 39.1 Å². The molecular weight excluding hydrogens is 440 g/mol. The van der Waals surface area contributed by atoms with E-state index in [1.807, 2.05) is 12.1 Å². The van der Waals surface area contributed by atoms with Crippen LogP contribution in [-0.2, 0) is 4.74 Å². The van der Waals surface area contributed by atoms with Crippen molar-refractivity contribution in [3.8, 4) is 0 Å². The van der Waals surface area contributed by atoms with Gasteiger partial charge in [-0.05, 0) is 55.2 Å². The van der Waals surface area contributed by atoms with Crippen LogP contribution in [0.4, 0.5) is 4.39 Å². The Kier molecular flexibility index (Phi) is 11.4. The molecule has 4 nitrogen and oxygen atoms in total. The zero-order chi connectivity index (χ0) is 16.3. The van der Waals surface area contributed by atoms with Crippen molar-refractivity contribution in [2.45, 2.75) is 24.2 Å². The normalized spacial score (nSPS) is 14.2. The molecule has 1 fully saturated rings. The monoisotopic (exact) mass is 467 g/mol. The Hall–Kier alpha value is -0.540. The Morgan fingerprint density at radius 3 is 2.62 bits per heavy atom. The summed E-state index contributed by atoms with van der Waals surface area (Å²) in [5.74, 6) is 2.42. The third kappa shape index (κ3) is 9.68. The Labute approximate surface area is 165 Å². The van der Waals surface area contributed by atoms with Gasteiger partial charge in [0.2, 0.25) is 0 Å². The summed E-state index contributed by atoms with van der Waals surface area (Å²) < 4.78 is 18.4. The van der Waals surface area contributed by atoms with Gasteiger partial charge >= 0.3 is 0 Å². The number of benzene rings is 1. The molecule has 0 aliphatic heterocycles. The summed E-state index contributed by atoms with van der Waals surface area (Å²) in [6.45, 7) is 3.25. The summed E-state index contributed by atoms with van der Waals surface area (Å²) in [5.41, 5.74) is 0. The molecule has 1 aromatic rings. The maximum atomic E-state index is 12.8. The number of nitrogens with zero attached hydrogens (tertiary/aromatic N) is 1. The molecule has 1 aromatic carbocycles. The number of guanidine groups is 1. The molecule has 2 rings (SSSR count). The molecule has 7 heteroatoms. The minimum Gasteiger partial charge on any atom is -0.379 e. The second kappa shape index (κ2) is 12.8. The van der Waals surface area contributed by atoms with Crippen LogP contribution in [0.3, 0.4) is 0 Å². The smallest absolute Gasteiger partial charge is 0.191 e. The van der Waals surface area contributed by atoms with Gasteiger partial charge in [-0.2, -0.15) is 0 Å². The van der Waals surface area contributed by atoms with Crippen LogP contribution >= 0.6 is 35.7 Å². The first kappa shape index (κ1) is 21.5. The van der Waals surface area contributed by atoms with Crippen molar-refractivity contribution in [3.05, 3.63) is 30.1 Å². The lowest BCUT2D eigenvalue weighted by atomic mass is 10.4. The summed E-state index contributed by atoms with van der Waals surface area (Å²) in [6, 6.07) is 6.63. The van der Waals surface area contributed by atoms with E-state index in [1.165, 1.54) is 25.0 Å². The zero-order valence-electron chi connectivity index (χ0n) is 14.1. The van der Waals surface area contributed by atoms with Gasteiger partial charge in [0.1, 0.15) is 5.82 Å². The Bertz CT molecular complexity index is 483. The average Bonchev–Trinajstić information content (AvgIpc) is 3.38. The van der Waals surface area contributed by atoms with Crippen molar-refractivity contribution in [1.82, 2.24) is 10.6 Å². The molecule has 0 amide bonds. The van der Waals surface area contributed by atoms with E-state index in [1.54, 1.807) is 18.8 Å². The number of rotatable bonds is 10. The third-order valence-corrected chi connectivity index (χ3v) is 4.61. The van der Waals surface area contributed by atoms with Crippen LogP contribution in [0.15, 0.2) is 34.2 Å². The molecule has 0 unspecified atom stereocenters. The fourth-order valence-corrected chi connectivity index (χ4v) is 2.85. The fourth-order valence-electron chi connectivity index (χ4n) is 2.00. The summed E-state index contributed by atoms with van der Waals surface area (Å²) in [7, 11) is 1.77. The molecule has 0 aromatic heterocycles. The SMILES string of the molecule is CN=C(NCCCSc1ccc(F)cc1)NCCOCC1CC1.I. The molecule has 0 radical (unpaired) electrons. The largest absolute Gasteiger partial charge is 0.379 e. The molecule has 0 spiro atoms. The first-order valence-corrected chi connectivity index (χ1v) is 9.17. The molecule has 0 heterocycles. The van der Waals surface area contributed by atoms with Gasteiger partial charge in [0.25, 0.3) is 0 Å². The highest BCUT2D eigenvalue weighted by Crippen LogP contribution is 2.28. The number of nitrogens with one attached hydrogen (secondary N) is 2. The van der Waals surface area contributed by atoms with Gasteiger partial charge in [-0.25, -0.2) is 4.39 Å². The topological polar surface area (TPSA) is 45.7 Å². The van der Waals surface area contributed by atoms with E-state index >= 15 is 0 Å². The summed E-state index contributed by atoms with van der Waals surface area (Å²) in [6.07, 6.45) is 3.67. The highest BCUT2D eigenvalue weighted by Gasteiger charge is 2.20. The van der Waals surface area contributed by atoms with Gasteiger partial charge in [-0.15, -0.1) is 35.7 Å². The molecule has 0 atom stereocenters. The first-order chi connectivity index (χ1) is 11.3. The van der Waals surface area contributed by atoms with Crippen molar-refractivity contribution >= 4 is 41.7 Å². The number of ether oxygens (including phenoxy) is 1. The Balaban J connectivity index is 0.00000288. The first-order valence-electron chi connectivity index (χ1n) is 8.18. The van der Waals surface area contributed by atoms with Crippen molar-refractivity contribution in [3.63, 3.8) is 0 Å². The zero-order valence-corrected chi connectivity index (χ0v) is 17.2. The van der Waals surface area contributed by atoms with Gasteiger partial charge in [0, 0.05) is 31.6 Å². The van der Waals surface area contributed by atoms with Crippen LogP contribution in [0.1, 0.15) is 19.3 Å². The number of halogens is 2. The summed E-state index contributed by atoms with van der Waals surface area (Å²) in [5, 5.41) is 6.53. The third-order valence-electron chi connectivity index (χ3n) is 3.51. The maximum absolute atomic E-state index is 12.8. The van der Waals surface area contributed by atoms with E-state index in [0.29, 0.717) is 0 Å². The van der Waals surface area contributed by atoms with Crippen LogP contribution in [-0.4, -0.2) is 45.1 Å². The van der Waals surface area contributed by atoms with Gasteiger partial charge in [-0.1, -0.05) is 0 Å². The lowest BCUT2D eigenvalue weighted by Gasteiger charge is -2.12. The van der Waals surface area contributed by atoms with E-state index in [-0.39, 0.29) is 29.8 Å². The highest BCUT2D eigenvalue weighted by atomic mass is 127. The number of hydrogen-bond acceptors (Lipinski definition) is 3. The van der Waals surface area contributed by atoms with Gasteiger partial charge in [0.15, 0.2) is 5.96 Å². The minimum absolute atomic E-state index is 0. The van der Waals surface area contributed by atoms with Crippen LogP contribution in [0, 0.1) is 11.7 Å². The lowest BCUT2D eigenvalue weighted by molar-refractivity contribution is 0.129. The molecule has 0 bridgehead atoms. The minimum atomic E-state index is -0.188. The molecule has 136 valence electrons. The van der Waals surface area contributed by atoms with Gasteiger partial charge in [-0.3, -0.25) is 4.99 Å². The predicted octanol–water partition coefficient (Wildman–Crippen LogP) is 3.52. The van der Waals surface area contributed by atoms with E-state index in [0.717, 1.165) is 55.2 Å². The van der Waals surface area contributed by atoms with Crippen LogP contribution in [0.2, 0.25) is 0 Å². The van der Waals surface area contributed by atoms with E-state index in [2.05, 4.69) is 15.6 Å². The second-order valence-corrected chi connectivity index (χ2v) is 6.77. The van der Waals surface area contributed by atoms with Crippen molar-refractivity contribution < 1.29 is 9.13 Å². The van der Waals surface area contributed by atoms with Crippen LogP contribution < -0.4 is 10.6 Å². The predicted molar refractivity (Wildman–Crippen MR) is 110 cm³/mol. The Morgan fingerprint density at radius 1 is 1.25 bits per heavy atom. The molecular formula is C17H27FIN3OS. The highest BCUT2D eigenvalue weighted by molar-refractivity contribution is 14.0. The lowest BCUT2D eigenvalue weighted by Crippen LogP contribution is -2.39. The Morgan fingerprint density at radius 2 is 1.96 bits per heavy atom. The van der Waals surface area contributed by atoms with E-state index < -0.39 is 0 Å². The molecule has 24 heavy (non-hydrogen) atoms. The maximum Gasteiger partial charge on any atom is 0.191 e. The van der Waals surface area contributed by atoms with Gasteiger partial charge < -0.3 is 15.4 Å². The average molecular weight is 467 g/mol. The molecule has 1 aliphatic rings. The molecule has 1 aliphatic carbocycles. The van der Waals surface area contributed by atoms with Crippen LogP contribution in [0.5, 0.6) is 0 Å². The summed E-state index contributed by atoms with van der Waals surface area (Å²) >= 11 is 1.73. The van der Waals surface area contributed by atoms with Crippen molar-refractivity contribution in [1.29, 1.82) is 0 Å². The van der Waals surface area contributed by atoms with Crippen molar-refractivity contribution in [2.24, 2.45) is 10.9 Å². The van der Waals surface area contributed by atoms with E-state index in [9.17, 15) is 4.39 Å². The fraction of sp³-hybridized carbons (Fsp3) is 0.588. The molecule has 1 saturated carbocycles. The van der Waals surface area contributed by atoms with Gasteiger partial charge in [0.05, 0.1) is 6.61 Å².